The second-order valence-electron chi connectivity index (χ2n) is 2.69. The third-order valence-electron chi connectivity index (χ3n) is 1.55. The van der Waals surface area contributed by atoms with E-state index in [0.717, 1.165) is 0 Å². The maximum absolute atomic E-state index is 12.4. The molecule has 0 aliphatic rings. The van der Waals surface area contributed by atoms with E-state index in [1.807, 2.05) is 0 Å². The lowest BCUT2D eigenvalue weighted by atomic mass is 10.2. The molecule has 0 unspecified atom stereocenters. The topological polar surface area (TPSA) is 45.8 Å². The molecule has 0 atom stereocenters. The van der Waals surface area contributed by atoms with E-state index in [2.05, 4.69) is 37.7 Å². The lowest BCUT2D eigenvalue weighted by molar-refractivity contribution is -0.141. The predicted octanol–water partition coefficient (Wildman–Crippen LogP) is 1.93. The Kier molecular flexibility index (Phi) is 4.12. The molecule has 0 aromatic carbocycles. The minimum atomic E-state index is -4.67. The van der Waals surface area contributed by atoms with Gasteiger partial charge in [0, 0.05) is 11.8 Å². The summed E-state index contributed by atoms with van der Waals surface area (Å²) in [5.41, 5.74) is -2.78. The summed E-state index contributed by atoms with van der Waals surface area (Å²) in [4.78, 5) is 16.3. The zero-order valence-corrected chi connectivity index (χ0v) is 9.44. The second-order valence-corrected chi connectivity index (χ2v) is 3.49. The molecular formula is C9H6BrF3N2O. The second kappa shape index (κ2) is 5.16. The van der Waals surface area contributed by atoms with Gasteiger partial charge in [0.05, 0.1) is 6.33 Å². The fourth-order valence-electron chi connectivity index (χ4n) is 0.929. The minimum absolute atomic E-state index is 0.353. The van der Waals surface area contributed by atoms with Crippen LogP contribution in [0.3, 0.4) is 0 Å². The van der Waals surface area contributed by atoms with Crippen LogP contribution in [0.25, 0.3) is 0 Å². The van der Waals surface area contributed by atoms with Gasteiger partial charge in [0.1, 0.15) is 5.56 Å². The van der Waals surface area contributed by atoms with Crippen LogP contribution in [0.5, 0.6) is 0 Å². The Bertz CT molecular complexity index is 484. The van der Waals surface area contributed by atoms with E-state index >= 15 is 0 Å². The molecule has 1 N–H and O–H groups in total. The van der Waals surface area contributed by atoms with Crippen LogP contribution in [0.4, 0.5) is 13.2 Å². The third kappa shape index (κ3) is 3.10. The molecular weight excluding hydrogens is 289 g/mol. The van der Waals surface area contributed by atoms with Crippen LogP contribution in [-0.2, 0) is 6.18 Å². The first-order valence-corrected chi connectivity index (χ1v) is 5.28. The highest BCUT2D eigenvalue weighted by Crippen LogP contribution is 2.28. The lowest BCUT2D eigenvalue weighted by Gasteiger charge is -2.05. The molecule has 1 heterocycles. The van der Waals surface area contributed by atoms with Gasteiger partial charge in [-0.15, -0.1) is 0 Å². The van der Waals surface area contributed by atoms with Crippen molar-refractivity contribution in [1.82, 2.24) is 9.97 Å². The van der Waals surface area contributed by atoms with E-state index in [0.29, 0.717) is 18.1 Å². The highest BCUT2D eigenvalue weighted by molar-refractivity contribution is 9.09. The third-order valence-corrected chi connectivity index (χ3v) is 1.95. The molecule has 3 nitrogen and oxygen atoms in total. The molecule has 7 heteroatoms. The van der Waals surface area contributed by atoms with Crippen LogP contribution in [0.15, 0.2) is 11.1 Å². The highest BCUT2D eigenvalue weighted by atomic mass is 79.9. The van der Waals surface area contributed by atoms with Crippen molar-refractivity contribution >= 4 is 15.9 Å². The van der Waals surface area contributed by atoms with Crippen LogP contribution >= 0.6 is 15.9 Å². The van der Waals surface area contributed by atoms with Crippen molar-refractivity contribution in [3.05, 3.63) is 27.9 Å². The predicted molar refractivity (Wildman–Crippen MR) is 55.1 cm³/mol. The van der Waals surface area contributed by atoms with Crippen molar-refractivity contribution < 1.29 is 13.2 Å². The molecule has 0 saturated carbocycles. The number of aromatic nitrogens is 2. The summed E-state index contributed by atoms with van der Waals surface area (Å²) in [7, 11) is 0. The van der Waals surface area contributed by atoms with Gasteiger partial charge in [-0.25, -0.2) is 4.98 Å². The smallest absolute Gasteiger partial charge is 0.312 e. The Morgan fingerprint density at radius 3 is 2.75 bits per heavy atom. The molecule has 0 aliphatic heterocycles. The molecule has 1 rings (SSSR count). The van der Waals surface area contributed by atoms with Gasteiger partial charge in [-0.3, -0.25) is 4.79 Å². The molecule has 1 aromatic heterocycles. The van der Waals surface area contributed by atoms with Gasteiger partial charge in [0.15, 0.2) is 5.69 Å². The molecule has 86 valence electrons. The number of H-pyrrole nitrogens is 1. The maximum Gasteiger partial charge on any atom is 0.434 e. The molecule has 0 spiro atoms. The summed E-state index contributed by atoms with van der Waals surface area (Å²) in [6.07, 6.45) is -3.61. The van der Waals surface area contributed by atoms with Crippen molar-refractivity contribution in [3.8, 4) is 11.8 Å². The van der Waals surface area contributed by atoms with Gasteiger partial charge in [-0.2, -0.15) is 13.2 Å². The minimum Gasteiger partial charge on any atom is -0.312 e. The average molecular weight is 295 g/mol. The van der Waals surface area contributed by atoms with Crippen LogP contribution in [-0.4, -0.2) is 15.3 Å². The first kappa shape index (κ1) is 12.8. The van der Waals surface area contributed by atoms with Gasteiger partial charge in [-0.1, -0.05) is 27.8 Å². The monoisotopic (exact) mass is 294 g/mol. The number of hydrogen-bond donors (Lipinski definition) is 1. The van der Waals surface area contributed by atoms with Gasteiger partial charge in [0.25, 0.3) is 5.56 Å². The molecule has 0 saturated heterocycles. The van der Waals surface area contributed by atoms with Gasteiger partial charge >= 0.3 is 6.18 Å². The number of alkyl halides is 4. The van der Waals surface area contributed by atoms with Crippen LogP contribution < -0.4 is 5.56 Å². The Morgan fingerprint density at radius 1 is 1.50 bits per heavy atom. The van der Waals surface area contributed by atoms with Crippen LogP contribution in [0.1, 0.15) is 17.7 Å². The average Bonchev–Trinajstić information content (AvgIpc) is 2.19. The Morgan fingerprint density at radius 2 is 2.19 bits per heavy atom. The maximum atomic E-state index is 12.4. The number of rotatable bonds is 1. The van der Waals surface area contributed by atoms with Crippen molar-refractivity contribution in [2.24, 2.45) is 0 Å². The molecule has 0 aliphatic carbocycles. The fourth-order valence-corrected chi connectivity index (χ4v) is 1.13. The standard InChI is InChI=1S/C9H6BrF3N2O/c10-4-2-1-3-6-7(9(11,12)13)14-5-15-8(6)16/h5H,2,4H2,(H,14,15,16). The van der Waals surface area contributed by atoms with E-state index in [1.54, 1.807) is 0 Å². The first-order valence-electron chi connectivity index (χ1n) is 4.16. The Labute approximate surface area is 97.2 Å². The van der Waals surface area contributed by atoms with Crippen LogP contribution in [0.2, 0.25) is 0 Å². The number of hydrogen-bond acceptors (Lipinski definition) is 2. The summed E-state index contributed by atoms with van der Waals surface area (Å²) in [6.45, 7) is 0. The van der Waals surface area contributed by atoms with Crippen LogP contribution in [0, 0.1) is 11.8 Å². The Balaban J connectivity index is 3.27. The molecule has 1 aromatic rings. The van der Waals surface area contributed by atoms with Gasteiger partial charge < -0.3 is 4.98 Å². The van der Waals surface area contributed by atoms with Gasteiger partial charge in [0.2, 0.25) is 0 Å². The Hall–Kier alpha value is -1.29. The zero-order chi connectivity index (χ0) is 12.2. The van der Waals surface area contributed by atoms with E-state index < -0.39 is 23.0 Å². The molecule has 0 amide bonds. The van der Waals surface area contributed by atoms with Crippen molar-refractivity contribution in [2.75, 3.05) is 5.33 Å². The van der Waals surface area contributed by atoms with Crippen molar-refractivity contribution in [3.63, 3.8) is 0 Å². The molecule has 0 fully saturated rings. The largest absolute Gasteiger partial charge is 0.434 e. The molecule has 16 heavy (non-hydrogen) atoms. The number of halogens is 4. The number of nitrogens with zero attached hydrogens (tertiary/aromatic N) is 1. The van der Waals surface area contributed by atoms with E-state index in [9.17, 15) is 18.0 Å². The first-order chi connectivity index (χ1) is 7.46. The van der Waals surface area contributed by atoms with E-state index in [4.69, 9.17) is 0 Å². The summed E-state index contributed by atoms with van der Waals surface area (Å²) in [5, 5.41) is 0.527. The summed E-state index contributed by atoms with van der Waals surface area (Å²) >= 11 is 3.07. The SMILES string of the molecule is O=c1[nH]cnc(C(F)(F)F)c1C#CCCBr. The number of nitrogens with one attached hydrogen (secondary N) is 1. The zero-order valence-electron chi connectivity index (χ0n) is 7.86. The summed E-state index contributed by atoms with van der Waals surface area (Å²) in [6, 6.07) is 0. The highest BCUT2D eigenvalue weighted by Gasteiger charge is 2.36. The van der Waals surface area contributed by atoms with E-state index in [1.165, 1.54) is 0 Å². The fraction of sp³-hybridized carbons (Fsp3) is 0.333. The molecule has 0 radical (unpaired) electrons. The lowest BCUT2D eigenvalue weighted by Crippen LogP contribution is -2.20. The quantitative estimate of drug-likeness (QED) is 0.635. The summed E-state index contributed by atoms with van der Waals surface area (Å²) in [5.74, 6) is 4.63. The number of aromatic amines is 1. The van der Waals surface area contributed by atoms with E-state index in [-0.39, 0.29) is 0 Å². The van der Waals surface area contributed by atoms with Gasteiger partial charge in [-0.05, 0) is 0 Å². The normalized spacial score (nSPS) is 10.8. The van der Waals surface area contributed by atoms with Crippen molar-refractivity contribution in [1.29, 1.82) is 0 Å². The van der Waals surface area contributed by atoms with Crippen molar-refractivity contribution in [2.45, 2.75) is 12.6 Å². The summed E-state index contributed by atoms with van der Waals surface area (Å²) < 4.78 is 37.3. The molecule has 0 bridgehead atoms.